The maximum absolute atomic E-state index is 5.64. The van der Waals surface area contributed by atoms with Gasteiger partial charge in [-0.05, 0) is 0 Å². The highest BCUT2D eigenvalue weighted by Crippen LogP contribution is 2.14. The molecule has 0 aromatic carbocycles. The van der Waals surface area contributed by atoms with Crippen LogP contribution in [0.25, 0.3) is 11.0 Å². The Morgan fingerprint density at radius 2 is 2.27 bits per heavy atom. The second-order valence-corrected chi connectivity index (χ2v) is 2.31. The van der Waals surface area contributed by atoms with Crippen LogP contribution in [0.4, 0.5) is 5.69 Å². The lowest BCUT2D eigenvalue weighted by Crippen LogP contribution is -1.94. The average Bonchev–Trinajstić information content (AvgIpc) is 2.34. The summed E-state index contributed by atoms with van der Waals surface area (Å²) in [4.78, 5) is 3.88. The summed E-state index contributed by atoms with van der Waals surface area (Å²) < 4.78 is 1.63. The first-order valence-electron chi connectivity index (χ1n) is 3.18. The van der Waals surface area contributed by atoms with Crippen LogP contribution in [0.15, 0.2) is 12.4 Å². The van der Waals surface area contributed by atoms with Gasteiger partial charge in [0.1, 0.15) is 11.0 Å². The van der Waals surface area contributed by atoms with E-state index in [2.05, 4.69) is 15.3 Å². The topological polar surface area (TPSA) is 69.6 Å². The van der Waals surface area contributed by atoms with Crippen LogP contribution in [-0.4, -0.2) is 20.0 Å². The van der Waals surface area contributed by atoms with Gasteiger partial charge >= 0.3 is 0 Å². The van der Waals surface area contributed by atoms with Crippen LogP contribution >= 0.6 is 0 Å². The van der Waals surface area contributed by atoms with Gasteiger partial charge in [-0.1, -0.05) is 5.21 Å². The zero-order valence-electron chi connectivity index (χ0n) is 6.02. The Morgan fingerprint density at radius 1 is 1.45 bits per heavy atom. The fourth-order valence-electron chi connectivity index (χ4n) is 1.04. The molecule has 0 unspecified atom stereocenters. The summed E-state index contributed by atoms with van der Waals surface area (Å²) in [5.74, 6) is 0. The second kappa shape index (κ2) is 1.91. The molecule has 0 radical (unpaired) electrons. The average molecular weight is 149 g/mol. The summed E-state index contributed by atoms with van der Waals surface area (Å²) in [5.41, 5.74) is 7.81. The number of pyridine rings is 1. The van der Waals surface area contributed by atoms with Crippen molar-refractivity contribution in [3.8, 4) is 0 Å². The Morgan fingerprint density at radius 3 is 3.00 bits per heavy atom. The van der Waals surface area contributed by atoms with Crippen LogP contribution < -0.4 is 5.73 Å². The zero-order valence-corrected chi connectivity index (χ0v) is 6.02. The standard InChI is InChI=1S/C6H7N5/c1-11-6-4(7)2-8-3-5(6)9-10-11/h2-3H,7H2,1H3. The molecule has 2 aromatic heterocycles. The van der Waals surface area contributed by atoms with Gasteiger partial charge in [-0.25, -0.2) is 4.68 Å². The molecule has 0 aliphatic carbocycles. The van der Waals surface area contributed by atoms with Gasteiger partial charge in [-0.15, -0.1) is 5.10 Å². The molecule has 0 saturated carbocycles. The third-order valence-corrected chi connectivity index (χ3v) is 1.54. The fraction of sp³-hybridized carbons (Fsp3) is 0.167. The molecule has 56 valence electrons. The minimum Gasteiger partial charge on any atom is -0.396 e. The van der Waals surface area contributed by atoms with Gasteiger partial charge in [-0.3, -0.25) is 4.98 Å². The SMILES string of the molecule is Cn1nnc2cncc(N)c21. The molecule has 5 heteroatoms. The summed E-state index contributed by atoms with van der Waals surface area (Å²) in [5, 5.41) is 7.65. The highest BCUT2D eigenvalue weighted by Gasteiger charge is 2.03. The van der Waals surface area contributed by atoms with Crippen molar-refractivity contribution in [1.82, 2.24) is 20.0 Å². The van der Waals surface area contributed by atoms with E-state index in [0.717, 1.165) is 11.0 Å². The molecule has 0 aliphatic heterocycles. The first-order valence-corrected chi connectivity index (χ1v) is 3.18. The molecule has 0 amide bonds. The highest BCUT2D eigenvalue weighted by atomic mass is 15.4. The third kappa shape index (κ3) is 0.739. The summed E-state index contributed by atoms with van der Waals surface area (Å²) in [6.07, 6.45) is 3.23. The predicted octanol–water partition coefficient (Wildman–Crippen LogP) is -0.0545. The minimum absolute atomic E-state index is 0.606. The van der Waals surface area contributed by atoms with Gasteiger partial charge in [0.05, 0.1) is 18.1 Å². The van der Waals surface area contributed by atoms with Crippen molar-refractivity contribution < 1.29 is 0 Å². The third-order valence-electron chi connectivity index (χ3n) is 1.54. The number of nitrogens with zero attached hydrogens (tertiary/aromatic N) is 4. The molecule has 0 spiro atoms. The number of hydrogen-bond donors (Lipinski definition) is 1. The summed E-state index contributed by atoms with van der Waals surface area (Å²) in [6, 6.07) is 0. The second-order valence-electron chi connectivity index (χ2n) is 2.31. The van der Waals surface area contributed by atoms with Gasteiger partial charge in [0.15, 0.2) is 0 Å². The predicted molar refractivity (Wildman–Crippen MR) is 40.7 cm³/mol. The number of hydrogen-bond acceptors (Lipinski definition) is 4. The largest absolute Gasteiger partial charge is 0.396 e. The van der Waals surface area contributed by atoms with E-state index in [-0.39, 0.29) is 0 Å². The molecule has 0 saturated heterocycles. The number of aryl methyl sites for hydroxylation is 1. The van der Waals surface area contributed by atoms with Crippen molar-refractivity contribution in [2.45, 2.75) is 0 Å². The molecular weight excluding hydrogens is 142 g/mol. The van der Waals surface area contributed by atoms with E-state index >= 15 is 0 Å². The van der Waals surface area contributed by atoms with Crippen molar-refractivity contribution in [2.75, 3.05) is 5.73 Å². The van der Waals surface area contributed by atoms with E-state index in [4.69, 9.17) is 5.73 Å². The molecule has 0 atom stereocenters. The van der Waals surface area contributed by atoms with Crippen molar-refractivity contribution in [3.05, 3.63) is 12.4 Å². The van der Waals surface area contributed by atoms with Crippen molar-refractivity contribution >= 4 is 16.7 Å². The summed E-state index contributed by atoms with van der Waals surface area (Å²) >= 11 is 0. The number of rotatable bonds is 0. The molecule has 2 N–H and O–H groups in total. The molecule has 0 bridgehead atoms. The van der Waals surface area contributed by atoms with E-state index in [1.165, 1.54) is 0 Å². The van der Waals surface area contributed by atoms with Crippen LogP contribution in [0.2, 0.25) is 0 Å². The Balaban J connectivity index is 2.96. The van der Waals surface area contributed by atoms with Crippen LogP contribution in [0, 0.1) is 0 Å². The van der Waals surface area contributed by atoms with Crippen molar-refractivity contribution in [3.63, 3.8) is 0 Å². The van der Waals surface area contributed by atoms with Gasteiger partial charge in [-0.2, -0.15) is 0 Å². The molecule has 2 rings (SSSR count). The Hall–Kier alpha value is -1.65. The Bertz CT molecular complexity index is 391. The Labute approximate surface area is 62.8 Å². The van der Waals surface area contributed by atoms with Crippen molar-refractivity contribution in [2.24, 2.45) is 7.05 Å². The van der Waals surface area contributed by atoms with Gasteiger partial charge in [0, 0.05) is 7.05 Å². The minimum atomic E-state index is 0.606. The number of aromatic nitrogens is 4. The lowest BCUT2D eigenvalue weighted by Gasteiger charge is -1.94. The quantitative estimate of drug-likeness (QED) is 0.570. The lowest BCUT2D eigenvalue weighted by molar-refractivity contribution is 0.737. The van der Waals surface area contributed by atoms with E-state index in [1.807, 2.05) is 0 Å². The number of nitrogens with two attached hydrogens (primary N) is 1. The van der Waals surface area contributed by atoms with Crippen LogP contribution in [0.3, 0.4) is 0 Å². The molecule has 0 aliphatic rings. The van der Waals surface area contributed by atoms with E-state index in [9.17, 15) is 0 Å². The van der Waals surface area contributed by atoms with Gasteiger partial charge in [0.2, 0.25) is 0 Å². The van der Waals surface area contributed by atoms with E-state index in [1.54, 1.807) is 24.1 Å². The molecule has 2 heterocycles. The zero-order chi connectivity index (χ0) is 7.84. The summed E-state index contributed by atoms with van der Waals surface area (Å²) in [7, 11) is 1.80. The first kappa shape index (κ1) is 6.09. The van der Waals surface area contributed by atoms with Crippen LogP contribution in [0.1, 0.15) is 0 Å². The monoisotopic (exact) mass is 149 g/mol. The van der Waals surface area contributed by atoms with Gasteiger partial charge < -0.3 is 5.73 Å². The summed E-state index contributed by atoms with van der Waals surface area (Å²) in [6.45, 7) is 0. The molecular formula is C6H7N5. The highest BCUT2D eigenvalue weighted by molar-refractivity contribution is 5.84. The Kier molecular flexibility index (Phi) is 1.06. The molecule has 2 aromatic rings. The van der Waals surface area contributed by atoms with Crippen molar-refractivity contribution in [1.29, 1.82) is 0 Å². The normalized spacial score (nSPS) is 10.6. The number of fused-ring (bicyclic) bond motifs is 1. The number of anilines is 1. The maximum Gasteiger partial charge on any atom is 0.133 e. The molecule has 0 fully saturated rings. The number of nitrogen functional groups attached to an aromatic ring is 1. The lowest BCUT2D eigenvalue weighted by atomic mass is 10.3. The maximum atomic E-state index is 5.64. The first-order chi connectivity index (χ1) is 5.29. The molecule has 11 heavy (non-hydrogen) atoms. The van der Waals surface area contributed by atoms with E-state index in [0.29, 0.717) is 5.69 Å². The van der Waals surface area contributed by atoms with Gasteiger partial charge in [0.25, 0.3) is 0 Å². The fourth-order valence-corrected chi connectivity index (χ4v) is 1.04. The van der Waals surface area contributed by atoms with Crippen LogP contribution in [0.5, 0.6) is 0 Å². The van der Waals surface area contributed by atoms with Crippen LogP contribution in [-0.2, 0) is 7.05 Å². The smallest absolute Gasteiger partial charge is 0.133 e. The molecule has 5 nitrogen and oxygen atoms in total. The van der Waals surface area contributed by atoms with E-state index < -0.39 is 0 Å².